The van der Waals surface area contributed by atoms with Crippen LogP contribution in [0.15, 0.2) is 48.8 Å². The highest BCUT2D eigenvalue weighted by Crippen LogP contribution is 2.23. The molecule has 1 atom stereocenters. The van der Waals surface area contributed by atoms with E-state index in [9.17, 15) is 5.11 Å². The zero-order valence-corrected chi connectivity index (χ0v) is 9.71. The summed E-state index contributed by atoms with van der Waals surface area (Å²) in [5.41, 5.74) is 1.59. The van der Waals surface area contributed by atoms with Gasteiger partial charge in [0.1, 0.15) is 11.9 Å². The Kier molecular flexibility index (Phi) is 3.73. The number of hydrogen-bond acceptors (Lipinski definition) is 3. The molecule has 0 radical (unpaired) electrons. The van der Waals surface area contributed by atoms with E-state index in [0.717, 1.165) is 11.1 Å². The van der Waals surface area contributed by atoms with Gasteiger partial charge in [0.15, 0.2) is 0 Å². The maximum Gasteiger partial charge on any atom is 0.137 e. The molecule has 0 aliphatic heterocycles. The molecule has 1 heterocycles. The lowest BCUT2D eigenvalue weighted by Gasteiger charge is -2.12. The van der Waals surface area contributed by atoms with Crippen LogP contribution < -0.4 is 4.74 Å². The number of benzene rings is 1. The van der Waals surface area contributed by atoms with Crippen LogP contribution in [0.2, 0.25) is 0 Å². The fraction of sp³-hybridized carbons (Fsp3) is 0.214. The molecule has 0 aliphatic carbocycles. The van der Waals surface area contributed by atoms with Crippen LogP contribution in [-0.2, 0) is 0 Å². The summed E-state index contributed by atoms with van der Waals surface area (Å²) in [7, 11) is 0. The van der Waals surface area contributed by atoms with Crippen LogP contribution in [0.1, 0.15) is 24.2 Å². The molecule has 2 rings (SSSR count). The fourth-order valence-corrected chi connectivity index (χ4v) is 1.66. The predicted molar refractivity (Wildman–Crippen MR) is 65.9 cm³/mol. The van der Waals surface area contributed by atoms with Crippen LogP contribution in [0, 0.1) is 0 Å². The highest BCUT2D eigenvalue weighted by molar-refractivity contribution is 5.32. The van der Waals surface area contributed by atoms with Crippen molar-refractivity contribution < 1.29 is 9.84 Å². The lowest BCUT2D eigenvalue weighted by atomic mass is 10.0. The van der Waals surface area contributed by atoms with Gasteiger partial charge < -0.3 is 9.84 Å². The molecule has 0 saturated heterocycles. The summed E-state index contributed by atoms with van der Waals surface area (Å²) in [6.07, 6.45) is 2.63. The minimum Gasteiger partial charge on any atom is -0.492 e. The number of aromatic nitrogens is 1. The predicted octanol–water partition coefficient (Wildman–Crippen LogP) is 2.56. The van der Waals surface area contributed by atoms with Crippen LogP contribution >= 0.6 is 0 Å². The zero-order valence-electron chi connectivity index (χ0n) is 9.71. The lowest BCUT2D eigenvalue weighted by molar-refractivity contribution is 0.219. The molecule has 0 fully saturated rings. The second-order valence-electron chi connectivity index (χ2n) is 3.70. The number of ether oxygens (including phenoxy) is 1. The maximum atomic E-state index is 10.2. The maximum absolute atomic E-state index is 10.2. The van der Waals surface area contributed by atoms with Crippen LogP contribution in [0.25, 0.3) is 0 Å². The van der Waals surface area contributed by atoms with Gasteiger partial charge in [0.2, 0.25) is 0 Å². The van der Waals surface area contributed by atoms with Gasteiger partial charge in [-0.1, -0.05) is 30.3 Å². The van der Waals surface area contributed by atoms with E-state index in [4.69, 9.17) is 4.74 Å². The number of nitrogens with zero attached hydrogens (tertiary/aromatic N) is 1. The van der Waals surface area contributed by atoms with E-state index in [1.807, 2.05) is 43.3 Å². The molecule has 1 aromatic carbocycles. The molecule has 1 unspecified atom stereocenters. The quantitative estimate of drug-likeness (QED) is 0.876. The third-order valence-corrected chi connectivity index (χ3v) is 2.48. The summed E-state index contributed by atoms with van der Waals surface area (Å²) in [6, 6.07) is 11.3. The van der Waals surface area contributed by atoms with E-state index in [1.165, 1.54) is 0 Å². The number of aliphatic hydroxyl groups is 1. The normalized spacial score (nSPS) is 12.1. The smallest absolute Gasteiger partial charge is 0.137 e. The minimum atomic E-state index is -0.663. The molecule has 88 valence electrons. The van der Waals surface area contributed by atoms with Gasteiger partial charge in [-0.25, -0.2) is 0 Å². The SMILES string of the molecule is CCOc1cncc(C(O)c2ccccc2)c1. The van der Waals surface area contributed by atoms with Crippen molar-refractivity contribution in [3.05, 3.63) is 59.9 Å². The van der Waals surface area contributed by atoms with Gasteiger partial charge in [-0.05, 0) is 18.6 Å². The Morgan fingerprint density at radius 3 is 2.65 bits per heavy atom. The standard InChI is InChI=1S/C14H15NO2/c1-2-17-13-8-12(9-15-10-13)14(16)11-6-4-3-5-7-11/h3-10,14,16H,2H2,1H3. The Hall–Kier alpha value is -1.87. The van der Waals surface area contributed by atoms with Crippen molar-refractivity contribution in [3.63, 3.8) is 0 Å². The summed E-state index contributed by atoms with van der Waals surface area (Å²) in [5, 5.41) is 10.2. The second-order valence-corrected chi connectivity index (χ2v) is 3.70. The average Bonchev–Trinajstić information content (AvgIpc) is 2.40. The molecular formula is C14H15NO2. The number of aliphatic hydroxyl groups excluding tert-OH is 1. The van der Waals surface area contributed by atoms with E-state index in [-0.39, 0.29) is 0 Å². The fourth-order valence-electron chi connectivity index (χ4n) is 1.66. The van der Waals surface area contributed by atoms with Gasteiger partial charge in [0, 0.05) is 11.8 Å². The molecular weight excluding hydrogens is 214 g/mol. The summed E-state index contributed by atoms with van der Waals surface area (Å²) >= 11 is 0. The Morgan fingerprint density at radius 1 is 1.18 bits per heavy atom. The average molecular weight is 229 g/mol. The van der Waals surface area contributed by atoms with Crippen LogP contribution in [0.3, 0.4) is 0 Å². The van der Waals surface area contributed by atoms with Crippen LogP contribution in [0.4, 0.5) is 0 Å². The van der Waals surface area contributed by atoms with Gasteiger partial charge >= 0.3 is 0 Å². The molecule has 0 aliphatic rings. The first-order chi connectivity index (χ1) is 8.31. The van der Waals surface area contributed by atoms with Crippen molar-refractivity contribution in [3.8, 4) is 5.75 Å². The van der Waals surface area contributed by atoms with E-state index < -0.39 is 6.10 Å². The summed E-state index contributed by atoms with van der Waals surface area (Å²) in [4.78, 5) is 4.06. The Labute approximate surface area is 101 Å². The third-order valence-electron chi connectivity index (χ3n) is 2.48. The zero-order chi connectivity index (χ0) is 12.1. The number of rotatable bonds is 4. The summed E-state index contributed by atoms with van der Waals surface area (Å²) in [6.45, 7) is 2.51. The molecule has 3 heteroatoms. The second kappa shape index (κ2) is 5.46. The lowest BCUT2D eigenvalue weighted by Crippen LogP contribution is -2.01. The van der Waals surface area contributed by atoms with Gasteiger partial charge in [-0.15, -0.1) is 0 Å². The van der Waals surface area contributed by atoms with Crippen LogP contribution in [-0.4, -0.2) is 16.7 Å². The van der Waals surface area contributed by atoms with Crippen molar-refractivity contribution in [1.29, 1.82) is 0 Å². The first kappa shape index (κ1) is 11.6. The Morgan fingerprint density at radius 2 is 1.94 bits per heavy atom. The van der Waals surface area contributed by atoms with Gasteiger partial charge in [-0.2, -0.15) is 0 Å². The number of pyridine rings is 1. The van der Waals surface area contributed by atoms with E-state index >= 15 is 0 Å². The number of hydrogen-bond donors (Lipinski definition) is 1. The molecule has 0 saturated carbocycles. The molecule has 2 aromatic rings. The highest BCUT2D eigenvalue weighted by Gasteiger charge is 2.10. The van der Waals surface area contributed by atoms with Crippen LogP contribution in [0.5, 0.6) is 5.75 Å². The van der Waals surface area contributed by atoms with E-state index in [0.29, 0.717) is 12.4 Å². The van der Waals surface area contributed by atoms with Crippen molar-refractivity contribution in [2.75, 3.05) is 6.61 Å². The van der Waals surface area contributed by atoms with Crippen molar-refractivity contribution in [1.82, 2.24) is 4.98 Å². The summed E-state index contributed by atoms with van der Waals surface area (Å²) in [5.74, 6) is 0.681. The minimum absolute atomic E-state index is 0.590. The first-order valence-corrected chi connectivity index (χ1v) is 5.62. The largest absolute Gasteiger partial charge is 0.492 e. The van der Waals surface area contributed by atoms with Gasteiger partial charge in [0.25, 0.3) is 0 Å². The monoisotopic (exact) mass is 229 g/mol. The Balaban J connectivity index is 2.25. The molecule has 0 spiro atoms. The van der Waals surface area contributed by atoms with Gasteiger partial charge in [0.05, 0.1) is 12.8 Å². The van der Waals surface area contributed by atoms with Crippen molar-refractivity contribution >= 4 is 0 Å². The van der Waals surface area contributed by atoms with Crippen molar-refractivity contribution in [2.24, 2.45) is 0 Å². The molecule has 17 heavy (non-hydrogen) atoms. The first-order valence-electron chi connectivity index (χ1n) is 5.62. The Bertz CT molecular complexity index is 471. The van der Waals surface area contributed by atoms with Gasteiger partial charge in [-0.3, -0.25) is 4.98 Å². The summed E-state index contributed by atoms with van der Waals surface area (Å²) < 4.78 is 5.36. The van der Waals surface area contributed by atoms with Crippen molar-refractivity contribution in [2.45, 2.75) is 13.0 Å². The topological polar surface area (TPSA) is 42.4 Å². The molecule has 1 aromatic heterocycles. The molecule has 0 bridgehead atoms. The molecule has 0 amide bonds. The highest BCUT2D eigenvalue weighted by atomic mass is 16.5. The van der Waals surface area contributed by atoms with E-state index in [1.54, 1.807) is 12.4 Å². The third kappa shape index (κ3) is 2.82. The van der Waals surface area contributed by atoms with E-state index in [2.05, 4.69) is 4.98 Å². The molecule has 1 N–H and O–H groups in total. The molecule has 3 nitrogen and oxygen atoms in total.